The first kappa shape index (κ1) is 18.5. The highest BCUT2D eigenvalue weighted by molar-refractivity contribution is 5.91. The minimum absolute atomic E-state index is 0.0660. The van der Waals surface area contributed by atoms with Crippen molar-refractivity contribution >= 4 is 17.5 Å². The molecule has 0 bridgehead atoms. The molecule has 132 valence electrons. The lowest BCUT2D eigenvalue weighted by atomic mass is 9.98. The first-order valence-electron chi connectivity index (χ1n) is 8.25. The second-order valence-electron chi connectivity index (χ2n) is 6.35. The normalized spacial score (nSPS) is 10.6. The van der Waals surface area contributed by atoms with E-state index >= 15 is 0 Å². The Kier molecular flexibility index (Phi) is 6.17. The van der Waals surface area contributed by atoms with Crippen molar-refractivity contribution in [2.24, 2.45) is 5.73 Å². The molecule has 25 heavy (non-hydrogen) atoms. The molecule has 2 rings (SSSR count). The Labute approximate surface area is 148 Å². The number of carbonyl (C=O) groups excluding carboxylic acids is 2. The topological polar surface area (TPSA) is 81.4 Å². The van der Waals surface area contributed by atoms with Crippen molar-refractivity contribution in [3.05, 3.63) is 59.2 Å². The van der Waals surface area contributed by atoms with Crippen LogP contribution in [0.5, 0.6) is 5.75 Å². The van der Waals surface area contributed by atoms with Gasteiger partial charge < -0.3 is 15.8 Å². The smallest absolute Gasteiger partial charge is 0.262 e. The fraction of sp³-hybridized carbons (Fsp3) is 0.300. The summed E-state index contributed by atoms with van der Waals surface area (Å²) in [4.78, 5) is 22.9. The summed E-state index contributed by atoms with van der Waals surface area (Å²) in [5.41, 5.74) is 9.03. The highest BCUT2D eigenvalue weighted by Gasteiger charge is 2.07. The van der Waals surface area contributed by atoms with Crippen LogP contribution in [-0.4, -0.2) is 18.4 Å². The maximum Gasteiger partial charge on any atom is 0.262 e. The van der Waals surface area contributed by atoms with E-state index in [4.69, 9.17) is 10.5 Å². The number of primary amides is 1. The van der Waals surface area contributed by atoms with Crippen LogP contribution in [0.1, 0.15) is 36.5 Å². The third-order valence-corrected chi connectivity index (χ3v) is 3.85. The van der Waals surface area contributed by atoms with Crippen molar-refractivity contribution < 1.29 is 14.3 Å². The molecule has 2 aromatic carbocycles. The number of hydrogen-bond acceptors (Lipinski definition) is 3. The van der Waals surface area contributed by atoms with Crippen LogP contribution in [-0.2, 0) is 16.0 Å². The number of benzene rings is 2. The number of anilines is 1. The van der Waals surface area contributed by atoms with Crippen LogP contribution in [0.2, 0.25) is 0 Å². The molecule has 0 saturated carbocycles. The highest BCUT2D eigenvalue weighted by atomic mass is 16.5. The second-order valence-corrected chi connectivity index (χ2v) is 6.35. The van der Waals surface area contributed by atoms with Gasteiger partial charge in [-0.1, -0.05) is 32.0 Å². The van der Waals surface area contributed by atoms with Gasteiger partial charge in [0, 0.05) is 5.69 Å². The lowest BCUT2D eigenvalue weighted by Crippen LogP contribution is -2.20. The fourth-order valence-electron chi connectivity index (χ4n) is 2.64. The molecular formula is C20H24N2O3. The highest BCUT2D eigenvalue weighted by Crippen LogP contribution is 2.23. The Morgan fingerprint density at radius 2 is 1.80 bits per heavy atom. The van der Waals surface area contributed by atoms with Gasteiger partial charge in [0.05, 0.1) is 6.42 Å². The molecule has 0 aliphatic heterocycles. The number of aryl methyl sites for hydroxylation is 1. The predicted octanol–water partition coefficient (Wildman–Crippen LogP) is 3.16. The standard InChI is InChI=1S/C20H24N2O3/c1-13(2)18-9-8-17(10-14(18)3)25-12-20(24)22-16-6-4-15(5-7-16)11-19(21)23/h4-10,13H,11-12H2,1-3H3,(H2,21,23)(H,22,24). The number of amides is 2. The van der Waals surface area contributed by atoms with E-state index < -0.39 is 0 Å². The maximum absolute atomic E-state index is 12.0. The zero-order valence-corrected chi connectivity index (χ0v) is 14.8. The molecule has 0 unspecified atom stereocenters. The Morgan fingerprint density at radius 3 is 2.36 bits per heavy atom. The molecule has 0 spiro atoms. The van der Waals surface area contributed by atoms with Crippen LogP contribution in [0.25, 0.3) is 0 Å². The van der Waals surface area contributed by atoms with Crippen LogP contribution in [0.3, 0.4) is 0 Å². The molecule has 2 aromatic rings. The van der Waals surface area contributed by atoms with Crippen LogP contribution in [0.15, 0.2) is 42.5 Å². The average Bonchev–Trinajstić information content (AvgIpc) is 2.54. The van der Waals surface area contributed by atoms with Crippen molar-refractivity contribution in [1.82, 2.24) is 0 Å². The fourth-order valence-corrected chi connectivity index (χ4v) is 2.64. The van der Waals surface area contributed by atoms with Gasteiger partial charge in [-0.2, -0.15) is 0 Å². The summed E-state index contributed by atoms with van der Waals surface area (Å²) >= 11 is 0. The quantitative estimate of drug-likeness (QED) is 0.812. The summed E-state index contributed by atoms with van der Waals surface area (Å²) in [6.07, 6.45) is 0.184. The Bertz CT molecular complexity index is 752. The summed E-state index contributed by atoms with van der Waals surface area (Å²) in [7, 11) is 0. The summed E-state index contributed by atoms with van der Waals surface area (Å²) < 4.78 is 5.56. The van der Waals surface area contributed by atoms with Gasteiger partial charge in [0.25, 0.3) is 5.91 Å². The zero-order valence-electron chi connectivity index (χ0n) is 14.8. The van der Waals surface area contributed by atoms with Gasteiger partial charge in [0.15, 0.2) is 6.61 Å². The summed E-state index contributed by atoms with van der Waals surface area (Å²) in [5.74, 6) is 0.501. The lowest BCUT2D eigenvalue weighted by Gasteiger charge is -2.12. The first-order chi connectivity index (χ1) is 11.8. The Morgan fingerprint density at radius 1 is 1.12 bits per heavy atom. The summed E-state index contributed by atoms with van der Waals surface area (Å²) in [6, 6.07) is 12.8. The summed E-state index contributed by atoms with van der Waals surface area (Å²) in [6.45, 7) is 6.26. The molecule has 3 N–H and O–H groups in total. The van der Waals surface area contributed by atoms with Crippen LogP contribution in [0.4, 0.5) is 5.69 Å². The van der Waals surface area contributed by atoms with Gasteiger partial charge in [-0.15, -0.1) is 0 Å². The number of nitrogens with one attached hydrogen (secondary N) is 1. The molecule has 0 atom stereocenters. The maximum atomic E-state index is 12.0. The van der Waals surface area contributed by atoms with Crippen LogP contribution < -0.4 is 15.8 Å². The van der Waals surface area contributed by atoms with E-state index in [1.165, 1.54) is 5.56 Å². The van der Waals surface area contributed by atoms with Crippen LogP contribution >= 0.6 is 0 Å². The van der Waals surface area contributed by atoms with Crippen molar-refractivity contribution in [1.29, 1.82) is 0 Å². The minimum Gasteiger partial charge on any atom is -0.484 e. The van der Waals surface area contributed by atoms with E-state index in [0.29, 0.717) is 17.4 Å². The Hall–Kier alpha value is -2.82. The lowest BCUT2D eigenvalue weighted by molar-refractivity contribution is -0.118. The van der Waals surface area contributed by atoms with Crippen molar-refractivity contribution in [3.8, 4) is 5.75 Å². The van der Waals surface area contributed by atoms with Gasteiger partial charge in [-0.25, -0.2) is 0 Å². The SMILES string of the molecule is Cc1cc(OCC(=O)Nc2ccc(CC(N)=O)cc2)ccc1C(C)C. The molecule has 0 radical (unpaired) electrons. The van der Waals surface area contributed by atoms with Gasteiger partial charge in [-0.3, -0.25) is 9.59 Å². The van der Waals surface area contributed by atoms with E-state index in [-0.39, 0.29) is 24.8 Å². The van der Waals surface area contributed by atoms with E-state index in [0.717, 1.165) is 11.1 Å². The van der Waals surface area contributed by atoms with Gasteiger partial charge in [-0.05, 0) is 53.8 Å². The molecule has 0 saturated heterocycles. The van der Waals surface area contributed by atoms with E-state index in [1.54, 1.807) is 24.3 Å². The Balaban J connectivity index is 1.88. The number of hydrogen-bond donors (Lipinski definition) is 2. The van der Waals surface area contributed by atoms with Gasteiger partial charge in [0.1, 0.15) is 5.75 Å². The third-order valence-electron chi connectivity index (χ3n) is 3.85. The van der Waals surface area contributed by atoms with Gasteiger partial charge in [0.2, 0.25) is 5.91 Å². The van der Waals surface area contributed by atoms with E-state index in [9.17, 15) is 9.59 Å². The molecule has 0 heterocycles. The van der Waals surface area contributed by atoms with Gasteiger partial charge >= 0.3 is 0 Å². The molecule has 0 aliphatic rings. The molecule has 0 aliphatic carbocycles. The number of ether oxygens (including phenoxy) is 1. The van der Waals surface area contributed by atoms with Crippen molar-refractivity contribution in [2.45, 2.75) is 33.1 Å². The molecular weight excluding hydrogens is 316 g/mol. The van der Waals surface area contributed by atoms with E-state index in [2.05, 4.69) is 19.2 Å². The summed E-state index contributed by atoms with van der Waals surface area (Å²) in [5, 5.41) is 2.76. The number of nitrogens with two attached hydrogens (primary N) is 1. The van der Waals surface area contributed by atoms with Crippen molar-refractivity contribution in [2.75, 3.05) is 11.9 Å². The first-order valence-corrected chi connectivity index (χ1v) is 8.25. The van der Waals surface area contributed by atoms with Crippen molar-refractivity contribution in [3.63, 3.8) is 0 Å². The number of carbonyl (C=O) groups is 2. The zero-order chi connectivity index (χ0) is 18.4. The molecule has 0 aromatic heterocycles. The predicted molar refractivity (Wildman–Crippen MR) is 98.7 cm³/mol. The second kappa shape index (κ2) is 8.33. The van der Waals surface area contributed by atoms with E-state index in [1.807, 2.05) is 25.1 Å². The monoisotopic (exact) mass is 340 g/mol. The third kappa shape index (κ3) is 5.64. The van der Waals surface area contributed by atoms with Crippen LogP contribution in [0, 0.1) is 6.92 Å². The molecule has 2 amide bonds. The molecule has 5 nitrogen and oxygen atoms in total. The largest absolute Gasteiger partial charge is 0.484 e. The molecule has 0 fully saturated rings. The number of rotatable bonds is 7. The molecule has 5 heteroatoms. The average molecular weight is 340 g/mol. The minimum atomic E-state index is -0.385.